The molecule has 0 spiro atoms. The summed E-state index contributed by atoms with van der Waals surface area (Å²) in [5, 5.41) is 3.54. The van der Waals surface area contributed by atoms with Crippen molar-refractivity contribution in [2.24, 2.45) is 0 Å². The van der Waals surface area contributed by atoms with E-state index in [9.17, 15) is 0 Å². The number of hydrogen-bond acceptors (Lipinski definition) is 3. The molecule has 0 saturated heterocycles. The van der Waals surface area contributed by atoms with Crippen molar-refractivity contribution in [3.05, 3.63) is 34.3 Å². The third kappa shape index (κ3) is 2.33. The van der Waals surface area contributed by atoms with E-state index in [1.165, 1.54) is 5.56 Å². The Labute approximate surface area is 109 Å². The molecular weight excluding hydrogens is 282 g/mol. The Morgan fingerprint density at radius 2 is 1.88 bits per heavy atom. The zero-order valence-electron chi connectivity index (χ0n) is 9.41. The fraction of sp³-hybridized carbons (Fsp3) is 0.385. The van der Waals surface area contributed by atoms with Gasteiger partial charge in [0, 0.05) is 17.1 Å². The van der Waals surface area contributed by atoms with Crippen LogP contribution >= 0.6 is 15.9 Å². The molecule has 0 saturated carbocycles. The molecule has 1 aliphatic heterocycles. The molecule has 0 radical (unpaired) electrons. The van der Waals surface area contributed by atoms with Gasteiger partial charge in [-0.05, 0) is 30.5 Å². The molecule has 0 fully saturated rings. The van der Waals surface area contributed by atoms with Crippen molar-refractivity contribution in [2.75, 3.05) is 6.79 Å². The van der Waals surface area contributed by atoms with E-state index < -0.39 is 0 Å². The monoisotopic (exact) mass is 295 g/mol. The van der Waals surface area contributed by atoms with Crippen LogP contribution < -0.4 is 14.8 Å². The molecule has 3 nitrogen and oxygen atoms in total. The van der Waals surface area contributed by atoms with E-state index in [1.807, 2.05) is 12.1 Å². The van der Waals surface area contributed by atoms with Gasteiger partial charge in [0.2, 0.25) is 6.79 Å². The molecule has 1 aromatic rings. The van der Waals surface area contributed by atoms with Gasteiger partial charge in [-0.1, -0.05) is 28.1 Å². The molecule has 0 aromatic heterocycles. The minimum atomic E-state index is 0.325. The van der Waals surface area contributed by atoms with Gasteiger partial charge in [-0.2, -0.15) is 0 Å². The Hall–Kier alpha value is -1.00. The summed E-state index contributed by atoms with van der Waals surface area (Å²) in [5.74, 6) is 1.66. The Balaban J connectivity index is 1.70. The maximum Gasteiger partial charge on any atom is 0.231 e. The highest BCUT2D eigenvalue weighted by Crippen LogP contribution is 2.36. The molecule has 2 aliphatic rings. The zero-order valence-corrected chi connectivity index (χ0v) is 11.0. The predicted octanol–water partition coefficient (Wildman–Crippen LogP) is 2.99. The Morgan fingerprint density at radius 1 is 1.18 bits per heavy atom. The first-order chi connectivity index (χ1) is 8.33. The highest BCUT2D eigenvalue weighted by atomic mass is 79.9. The van der Waals surface area contributed by atoms with Crippen LogP contribution in [0.3, 0.4) is 0 Å². The van der Waals surface area contributed by atoms with Crippen molar-refractivity contribution in [1.82, 2.24) is 5.32 Å². The van der Waals surface area contributed by atoms with Gasteiger partial charge >= 0.3 is 0 Å². The molecule has 0 atom stereocenters. The summed E-state index contributed by atoms with van der Waals surface area (Å²) in [5.41, 5.74) is 1.21. The molecule has 1 heterocycles. The SMILES string of the molecule is Brc1cc2c(cc1CNC1CC=CC1)OCO2. The van der Waals surface area contributed by atoms with Gasteiger partial charge < -0.3 is 14.8 Å². The molecule has 1 aliphatic carbocycles. The third-order valence-corrected chi connectivity index (χ3v) is 3.87. The maximum absolute atomic E-state index is 5.38. The zero-order chi connectivity index (χ0) is 11.7. The van der Waals surface area contributed by atoms with Crippen molar-refractivity contribution >= 4 is 15.9 Å². The summed E-state index contributed by atoms with van der Waals surface area (Å²) in [6.45, 7) is 1.18. The minimum Gasteiger partial charge on any atom is -0.454 e. The number of halogens is 1. The van der Waals surface area contributed by atoms with E-state index in [4.69, 9.17) is 9.47 Å². The van der Waals surface area contributed by atoms with Crippen molar-refractivity contribution in [2.45, 2.75) is 25.4 Å². The summed E-state index contributed by atoms with van der Waals surface area (Å²) < 4.78 is 11.8. The van der Waals surface area contributed by atoms with Crippen LogP contribution in [-0.4, -0.2) is 12.8 Å². The molecule has 17 heavy (non-hydrogen) atoms. The van der Waals surface area contributed by atoms with Gasteiger partial charge in [0.25, 0.3) is 0 Å². The molecule has 3 rings (SSSR count). The van der Waals surface area contributed by atoms with E-state index in [0.29, 0.717) is 12.8 Å². The predicted molar refractivity (Wildman–Crippen MR) is 69.3 cm³/mol. The summed E-state index contributed by atoms with van der Waals surface area (Å²) in [7, 11) is 0. The second kappa shape index (κ2) is 4.70. The second-order valence-corrected chi connectivity index (χ2v) is 5.17. The highest BCUT2D eigenvalue weighted by Gasteiger charge is 2.17. The number of hydrogen-bond donors (Lipinski definition) is 1. The summed E-state index contributed by atoms with van der Waals surface area (Å²) in [6.07, 6.45) is 6.71. The smallest absolute Gasteiger partial charge is 0.231 e. The average molecular weight is 296 g/mol. The Bertz CT molecular complexity index is 451. The van der Waals surface area contributed by atoms with Crippen LogP contribution in [0.2, 0.25) is 0 Å². The van der Waals surface area contributed by atoms with Crippen molar-refractivity contribution < 1.29 is 9.47 Å². The summed E-state index contributed by atoms with van der Waals surface area (Å²) in [4.78, 5) is 0. The van der Waals surface area contributed by atoms with Gasteiger partial charge in [0.1, 0.15) is 0 Å². The lowest BCUT2D eigenvalue weighted by molar-refractivity contribution is 0.174. The van der Waals surface area contributed by atoms with E-state index in [1.54, 1.807) is 0 Å². The molecule has 4 heteroatoms. The standard InChI is InChI=1S/C13H14BrNO2/c14-11-6-13-12(16-8-17-13)5-9(11)7-15-10-3-1-2-4-10/h1-2,5-6,10,15H,3-4,7-8H2. The quantitative estimate of drug-likeness (QED) is 0.870. The topological polar surface area (TPSA) is 30.5 Å². The fourth-order valence-electron chi connectivity index (χ4n) is 2.13. The maximum atomic E-state index is 5.38. The van der Waals surface area contributed by atoms with Gasteiger partial charge in [0.05, 0.1) is 0 Å². The number of fused-ring (bicyclic) bond motifs is 1. The van der Waals surface area contributed by atoms with Crippen LogP contribution in [0.5, 0.6) is 11.5 Å². The Morgan fingerprint density at radius 3 is 2.65 bits per heavy atom. The first-order valence-electron chi connectivity index (χ1n) is 5.79. The molecule has 1 aromatic carbocycles. The molecule has 0 bridgehead atoms. The largest absolute Gasteiger partial charge is 0.454 e. The van der Waals surface area contributed by atoms with Crippen molar-refractivity contribution in [3.63, 3.8) is 0 Å². The summed E-state index contributed by atoms with van der Waals surface area (Å²) in [6, 6.07) is 4.60. The lowest BCUT2D eigenvalue weighted by Gasteiger charge is -2.13. The lowest BCUT2D eigenvalue weighted by atomic mass is 10.1. The van der Waals surface area contributed by atoms with E-state index in [-0.39, 0.29) is 0 Å². The molecular formula is C13H14BrNO2. The Kier molecular flexibility index (Phi) is 3.07. The van der Waals surface area contributed by atoms with E-state index in [0.717, 1.165) is 35.4 Å². The van der Waals surface area contributed by atoms with E-state index in [2.05, 4.69) is 33.4 Å². The van der Waals surface area contributed by atoms with Crippen molar-refractivity contribution in [3.8, 4) is 11.5 Å². The number of rotatable bonds is 3. The van der Waals surface area contributed by atoms with Crippen LogP contribution in [0.15, 0.2) is 28.8 Å². The first-order valence-corrected chi connectivity index (χ1v) is 6.58. The van der Waals surface area contributed by atoms with E-state index >= 15 is 0 Å². The molecule has 90 valence electrons. The van der Waals surface area contributed by atoms with Gasteiger partial charge in [-0.25, -0.2) is 0 Å². The number of benzene rings is 1. The number of nitrogens with one attached hydrogen (secondary N) is 1. The molecule has 0 amide bonds. The lowest BCUT2D eigenvalue weighted by Crippen LogP contribution is -2.25. The minimum absolute atomic E-state index is 0.325. The summed E-state index contributed by atoms with van der Waals surface area (Å²) >= 11 is 3.57. The van der Waals surface area contributed by atoms with Gasteiger partial charge in [0.15, 0.2) is 11.5 Å². The molecule has 0 unspecified atom stereocenters. The average Bonchev–Trinajstić information content (AvgIpc) is 2.95. The van der Waals surface area contributed by atoms with Crippen LogP contribution in [0.1, 0.15) is 18.4 Å². The fourth-order valence-corrected chi connectivity index (χ4v) is 2.60. The van der Waals surface area contributed by atoms with Gasteiger partial charge in [-0.3, -0.25) is 0 Å². The first kappa shape index (κ1) is 11.1. The van der Waals surface area contributed by atoms with Crippen LogP contribution in [0.25, 0.3) is 0 Å². The van der Waals surface area contributed by atoms with Gasteiger partial charge in [-0.15, -0.1) is 0 Å². The highest BCUT2D eigenvalue weighted by molar-refractivity contribution is 9.10. The normalized spacial score (nSPS) is 17.9. The molecule has 1 N–H and O–H groups in total. The second-order valence-electron chi connectivity index (χ2n) is 4.32. The van der Waals surface area contributed by atoms with Crippen LogP contribution in [0.4, 0.5) is 0 Å². The van der Waals surface area contributed by atoms with Crippen LogP contribution in [-0.2, 0) is 6.54 Å². The number of ether oxygens (including phenoxy) is 2. The van der Waals surface area contributed by atoms with Crippen molar-refractivity contribution in [1.29, 1.82) is 0 Å². The third-order valence-electron chi connectivity index (χ3n) is 3.13. The van der Waals surface area contributed by atoms with Crippen LogP contribution in [0, 0.1) is 0 Å².